The Morgan fingerprint density at radius 2 is 2.00 bits per heavy atom. The number of aromatic nitrogens is 4. The Morgan fingerprint density at radius 1 is 1.17 bits per heavy atom. The van der Waals surface area contributed by atoms with Crippen LogP contribution in [0.15, 0.2) is 28.9 Å². The predicted octanol–water partition coefficient (Wildman–Crippen LogP) is 5.48. The molecular formula is C23H24N4O2. The lowest BCUT2D eigenvalue weighted by molar-refractivity contribution is 0.328. The average molecular weight is 388 g/mol. The van der Waals surface area contributed by atoms with Gasteiger partial charge in [-0.05, 0) is 69.9 Å². The van der Waals surface area contributed by atoms with Crippen molar-refractivity contribution in [1.29, 1.82) is 0 Å². The van der Waals surface area contributed by atoms with Gasteiger partial charge in [-0.1, -0.05) is 5.16 Å². The molecule has 3 aromatic heterocycles. The average Bonchev–Trinajstić information content (AvgIpc) is 3.37. The Bertz CT molecular complexity index is 1200. The molecule has 1 fully saturated rings. The Hall–Kier alpha value is -3.15. The summed E-state index contributed by atoms with van der Waals surface area (Å²) in [5.41, 5.74) is 8.05. The lowest BCUT2D eigenvalue weighted by atomic mass is 9.95. The van der Waals surface area contributed by atoms with Crippen LogP contribution in [0.2, 0.25) is 0 Å². The van der Waals surface area contributed by atoms with E-state index in [0.717, 1.165) is 56.1 Å². The third-order valence-corrected chi connectivity index (χ3v) is 5.57. The van der Waals surface area contributed by atoms with E-state index in [1.54, 1.807) is 6.20 Å². The van der Waals surface area contributed by atoms with E-state index in [1.165, 1.54) is 12.8 Å². The molecule has 0 radical (unpaired) electrons. The molecule has 1 aromatic carbocycles. The Labute approximate surface area is 169 Å². The largest absolute Gasteiger partial charge is 0.478 e. The van der Waals surface area contributed by atoms with E-state index in [1.807, 2.05) is 26.8 Å². The van der Waals surface area contributed by atoms with Crippen LogP contribution in [-0.2, 0) is 0 Å². The van der Waals surface area contributed by atoms with E-state index in [4.69, 9.17) is 14.2 Å². The van der Waals surface area contributed by atoms with Gasteiger partial charge in [-0.15, -0.1) is 0 Å². The number of aromatic amines is 1. The number of rotatable bonds is 5. The normalized spacial score (nSPS) is 13.9. The molecule has 0 amide bonds. The summed E-state index contributed by atoms with van der Waals surface area (Å²) < 4.78 is 11.3. The molecule has 29 heavy (non-hydrogen) atoms. The highest BCUT2D eigenvalue weighted by molar-refractivity contribution is 5.98. The third kappa shape index (κ3) is 2.99. The summed E-state index contributed by atoms with van der Waals surface area (Å²) in [6, 6.07) is 6.33. The van der Waals surface area contributed by atoms with Crippen LogP contribution in [0.5, 0.6) is 5.88 Å². The summed E-state index contributed by atoms with van der Waals surface area (Å²) in [5.74, 6) is 3.05. The number of nitrogens with zero attached hydrogens (tertiary/aromatic N) is 3. The van der Waals surface area contributed by atoms with Crippen molar-refractivity contribution < 1.29 is 9.26 Å². The molecule has 0 spiro atoms. The van der Waals surface area contributed by atoms with Crippen LogP contribution >= 0.6 is 0 Å². The summed E-state index contributed by atoms with van der Waals surface area (Å²) in [6.07, 6.45) is 4.18. The van der Waals surface area contributed by atoms with Crippen molar-refractivity contribution >= 4 is 11.0 Å². The Morgan fingerprint density at radius 3 is 2.69 bits per heavy atom. The van der Waals surface area contributed by atoms with Crippen LogP contribution in [0.3, 0.4) is 0 Å². The second kappa shape index (κ2) is 6.72. The van der Waals surface area contributed by atoms with Gasteiger partial charge in [0, 0.05) is 28.8 Å². The number of aryl methyl sites for hydroxylation is 3. The first kappa shape index (κ1) is 17.9. The third-order valence-electron chi connectivity index (χ3n) is 5.57. The van der Waals surface area contributed by atoms with Gasteiger partial charge in [0.2, 0.25) is 5.88 Å². The number of hydrogen-bond donors (Lipinski definition) is 1. The highest BCUT2D eigenvalue weighted by atomic mass is 16.5. The number of pyridine rings is 1. The molecule has 0 bridgehead atoms. The smallest absolute Gasteiger partial charge is 0.221 e. The van der Waals surface area contributed by atoms with Crippen molar-refractivity contribution in [3.63, 3.8) is 0 Å². The minimum absolute atomic E-state index is 0.541. The number of fused-ring (bicyclic) bond motifs is 1. The maximum Gasteiger partial charge on any atom is 0.221 e. The minimum atomic E-state index is 0.541. The fourth-order valence-corrected chi connectivity index (χ4v) is 4.02. The Kier molecular flexibility index (Phi) is 4.15. The maximum atomic E-state index is 5.89. The summed E-state index contributed by atoms with van der Waals surface area (Å²) in [5, 5.41) is 4.15. The molecule has 1 aliphatic rings. The van der Waals surface area contributed by atoms with E-state index in [9.17, 15) is 0 Å². The molecule has 1 aliphatic carbocycles. The molecule has 1 saturated carbocycles. The van der Waals surface area contributed by atoms with Crippen LogP contribution in [-0.4, -0.2) is 26.7 Å². The predicted molar refractivity (Wildman–Crippen MR) is 112 cm³/mol. The van der Waals surface area contributed by atoms with Gasteiger partial charge in [-0.2, -0.15) is 0 Å². The zero-order chi connectivity index (χ0) is 20.1. The van der Waals surface area contributed by atoms with Gasteiger partial charge >= 0.3 is 0 Å². The van der Waals surface area contributed by atoms with Crippen molar-refractivity contribution in [2.24, 2.45) is 0 Å². The molecule has 0 unspecified atom stereocenters. The van der Waals surface area contributed by atoms with Gasteiger partial charge in [0.25, 0.3) is 0 Å². The monoisotopic (exact) mass is 388 g/mol. The summed E-state index contributed by atoms with van der Waals surface area (Å²) in [6.45, 7) is 8.54. The van der Waals surface area contributed by atoms with Gasteiger partial charge in [0.1, 0.15) is 11.6 Å². The quantitative estimate of drug-likeness (QED) is 0.490. The van der Waals surface area contributed by atoms with Gasteiger partial charge < -0.3 is 14.2 Å². The number of benzene rings is 1. The highest BCUT2D eigenvalue weighted by Gasteiger charge is 2.28. The van der Waals surface area contributed by atoms with Crippen molar-refractivity contribution in [2.45, 2.75) is 46.5 Å². The molecule has 3 heterocycles. The molecule has 0 saturated heterocycles. The lowest BCUT2D eigenvalue weighted by Crippen LogP contribution is -1.99. The van der Waals surface area contributed by atoms with Crippen molar-refractivity contribution in [3.8, 4) is 28.1 Å². The standard InChI is InChI=1S/C23H24N4O2/c1-5-28-23-19(12(2)8-9-24-23)17-10-16(20-13(3)27-29-14(20)4)11-18-21(17)26-22(25-18)15-6-7-15/h8-11,15H,5-7H2,1-4H3,(H,25,26). The minimum Gasteiger partial charge on any atom is -0.478 e. The summed E-state index contributed by atoms with van der Waals surface area (Å²) in [4.78, 5) is 13.0. The molecule has 0 aliphatic heterocycles. The van der Waals surface area contributed by atoms with E-state index >= 15 is 0 Å². The molecule has 5 rings (SSSR count). The van der Waals surface area contributed by atoms with Gasteiger partial charge in [0.15, 0.2) is 0 Å². The number of H-pyrrole nitrogens is 1. The van der Waals surface area contributed by atoms with E-state index in [0.29, 0.717) is 18.4 Å². The fraction of sp³-hybridized carbons (Fsp3) is 0.348. The van der Waals surface area contributed by atoms with Crippen molar-refractivity contribution in [1.82, 2.24) is 20.1 Å². The Balaban J connectivity index is 1.82. The first-order valence-corrected chi connectivity index (χ1v) is 10.1. The van der Waals surface area contributed by atoms with Crippen LogP contribution in [0.1, 0.15) is 48.5 Å². The zero-order valence-corrected chi connectivity index (χ0v) is 17.2. The maximum absolute atomic E-state index is 5.89. The van der Waals surface area contributed by atoms with Crippen LogP contribution < -0.4 is 4.74 Å². The molecule has 0 atom stereocenters. The topological polar surface area (TPSA) is 76.8 Å². The number of imidazole rings is 1. The van der Waals surface area contributed by atoms with E-state index < -0.39 is 0 Å². The van der Waals surface area contributed by atoms with E-state index in [2.05, 4.69) is 34.2 Å². The van der Waals surface area contributed by atoms with Crippen LogP contribution in [0, 0.1) is 20.8 Å². The molecule has 6 heteroatoms. The zero-order valence-electron chi connectivity index (χ0n) is 17.2. The second-order valence-electron chi connectivity index (χ2n) is 7.76. The summed E-state index contributed by atoms with van der Waals surface area (Å²) in [7, 11) is 0. The first-order chi connectivity index (χ1) is 14.1. The molecule has 148 valence electrons. The van der Waals surface area contributed by atoms with Crippen LogP contribution in [0.4, 0.5) is 0 Å². The van der Waals surface area contributed by atoms with Gasteiger partial charge in [0.05, 0.1) is 23.3 Å². The van der Waals surface area contributed by atoms with Crippen LogP contribution in [0.25, 0.3) is 33.3 Å². The van der Waals surface area contributed by atoms with Crippen molar-refractivity contribution in [3.05, 3.63) is 47.2 Å². The lowest BCUT2D eigenvalue weighted by Gasteiger charge is -2.14. The summed E-state index contributed by atoms with van der Waals surface area (Å²) >= 11 is 0. The number of nitrogens with one attached hydrogen (secondary N) is 1. The SMILES string of the molecule is CCOc1nccc(C)c1-c1cc(-c2c(C)noc2C)cc2[nH]c(C3CC3)nc12. The molecular weight excluding hydrogens is 364 g/mol. The molecule has 4 aromatic rings. The molecule has 1 N–H and O–H groups in total. The number of hydrogen-bond acceptors (Lipinski definition) is 5. The van der Waals surface area contributed by atoms with E-state index in [-0.39, 0.29) is 0 Å². The first-order valence-electron chi connectivity index (χ1n) is 10.1. The van der Waals surface area contributed by atoms with Gasteiger partial charge in [-0.3, -0.25) is 0 Å². The number of ether oxygens (including phenoxy) is 1. The highest BCUT2D eigenvalue weighted by Crippen LogP contribution is 2.43. The fourth-order valence-electron chi connectivity index (χ4n) is 4.02. The molecule has 6 nitrogen and oxygen atoms in total. The van der Waals surface area contributed by atoms with Gasteiger partial charge in [-0.25, -0.2) is 9.97 Å². The van der Waals surface area contributed by atoms with Crippen molar-refractivity contribution in [2.75, 3.05) is 6.61 Å². The second-order valence-corrected chi connectivity index (χ2v) is 7.76.